The van der Waals surface area contributed by atoms with Gasteiger partial charge in [-0.15, -0.1) is 0 Å². The van der Waals surface area contributed by atoms with E-state index in [-0.39, 0.29) is 23.1 Å². The number of nitrogens with two attached hydrogens (primary N) is 1. The van der Waals surface area contributed by atoms with Gasteiger partial charge in [-0.25, -0.2) is 14.8 Å². The van der Waals surface area contributed by atoms with Crippen molar-refractivity contribution in [2.24, 2.45) is 5.92 Å². The maximum absolute atomic E-state index is 14.1. The molecule has 0 saturated heterocycles. The zero-order valence-electron chi connectivity index (χ0n) is 15.5. The predicted molar refractivity (Wildman–Crippen MR) is 101 cm³/mol. The number of carbonyl (C=O) groups is 1. The number of amides is 2. The minimum atomic E-state index is -4.78. The van der Waals surface area contributed by atoms with Crippen LogP contribution in [-0.2, 0) is 12.0 Å². The van der Waals surface area contributed by atoms with Crippen LogP contribution < -0.4 is 16.4 Å². The summed E-state index contributed by atoms with van der Waals surface area (Å²) >= 11 is 0. The molecule has 9 heteroatoms. The quantitative estimate of drug-likeness (QED) is 0.674. The van der Waals surface area contributed by atoms with Crippen LogP contribution in [0.1, 0.15) is 35.4 Å². The summed E-state index contributed by atoms with van der Waals surface area (Å²) in [6.07, 6.45) is -2.89. The van der Waals surface area contributed by atoms with E-state index in [2.05, 4.69) is 27.1 Å². The molecule has 1 aliphatic heterocycles. The first-order valence-electron chi connectivity index (χ1n) is 9.08. The normalized spacial score (nSPS) is 20.8. The molecule has 29 heavy (non-hydrogen) atoms. The van der Waals surface area contributed by atoms with Crippen LogP contribution in [-0.4, -0.2) is 22.2 Å². The number of rotatable bonds is 2. The van der Waals surface area contributed by atoms with Crippen molar-refractivity contribution in [3.8, 4) is 11.8 Å². The molecule has 2 amide bonds. The van der Waals surface area contributed by atoms with E-state index in [4.69, 9.17) is 5.73 Å². The van der Waals surface area contributed by atoms with E-state index in [1.54, 1.807) is 19.1 Å². The summed E-state index contributed by atoms with van der Waals surface area (Å²) in [6, 6.07) is 5.24. The third kappa shape index (κ3) is 3.70. The Morgan fingerprint density at radius 3 is 2.69 bits per heavy atom. The average molecular weight is 401 g/mol. The SMILES string of the molecule is Cc1cc(Cc2ccc3c(c2)NC(=O)N[C@]3(C#CC2CC2)C(F)(F)F)nc(N)n1. The minimum absolute atomic E-state index is 0.0461. The number of carbonyl (C=O) groups excluding carboxylic acids is 1. The Balaban J connectivity index is 1.75. The van der Waals surface area contributed by atoms with Crippen molar-refractivity contribution in [3.63, 3.8) is 0 Å². The highest BCUT2D eigenvalue weighted by atomic mass is 19.4. The average Bonchev–Trinajstić information content (AvgIpc) is 3.41. The van der Waals surface area contributed by atoms with Crippen LogP contribution >= 0.6 is 0 Å². The maximum Gasteiger partial charge on any atom is 0.427 e. The number of nitrogen functional groups attached to an aromatic ring is 1. The van der Waals surface area contributed by atoms with Crippen molar-refractivity contribution in [3.05, 3.63) is 46.8 Å². The Kier molecular flexibility index (Phi) is 4.37. The van der Waals surface area contributed by atoms with Gasteiger partial charge in [-0.05, 0) is 37.5 Å². The molecule has 0 radical (unpaired) electrons. The molecule has 0 bridgehead atoms. The van der Waals surface area contributed by atoms with Gasteiger partial charge in [-0.3, -0.25) is 0 Å². The number of alkyl halides is 3. The molecule has 1 fully saturated rings. The molecule has 6 nitrogen and oxygen atoms in total. The molecule has 1 aromatic heterocycles. The Morgan fingerprint density at radius 2 is 2.03 bits per heavy atom. The number of aromatic nitrogens is 2. The molecular formula is C20H18F3N5O. The standard InChI is InChI=1S/C20H18F3N5O/c1-11-8-14(26-17(24)25-11)9-13-4-5-15-16(10-13)27-18(29)28-19(15,20(21,22)23)7-6-12-2-3-12/h4-5,8,10,12H,2-3,9H2,1H3,(H2,24,25,26)(H2,27,28,29)/t19-/m0/s1. The summed E-state index contributed by atoms with van der Waals surface area (Å²) in [5, 5.41) is 4.47. The van der Waals surface area contributed by atoms with Gasteiger partial charge in [0.2, 0.25) is 11.5 Å². The van der Waals surface area contributed by atoms with Crippen LogP contribution in [0.15, 0.2) is 24.3 Å². The zero-order chi connectivity index (χ0) is 20.8. The third-order valence-corrected chi connectivity index (χ3v) is 4.81. The van der Waals surface area contributed by atoms with Gasteiger partial charge in [0, 0.05) is 29.3 Å². The fourth-order valence-electron chi connectivity index (χ4n) is 3.31. The summed E-state index contributed by atoms with van der Waals surface area (Å²) in [6.45, 7) is 1.77. The number of hydrogen-bond acceptors (Lipinski definition) is 4. The van der Waals surface area contributed by atoms with Gasteiger partial charge < -0.3 is 16.4 Å². The van der Waals surface area contributed by atoms with Gasteiger partial charge in [0.05, 0.1) is 5.69 Å². The molecule has 2 aromatic rings. The second-order valence-electron chi connectivity index (χ2n) is 7.29. The highest BCUT2D eigenvalue weighted by Gasteiger charge is 2.59. The van der Waals surface area contributed by atoms with Gasteiger partial charge >= 0.3 is 12.2 Å². The molecule has 0 unspecified atom stereocenters. The van der Waals surface area contributed by atoms with Crippen molar-refractivity contribution in [2.75, 3.05) is 11.1 Å². The second-order valence-corrected chi connectivity index (χ2v) is 7.29. The van der Waals surface area contributed by atoms with Crippen LogP contribution in [0, 0.1) is 24.7 Å². The molecule has 1 atom stereocenters. The number of halogens is 3. The van der Waals surface area contributed by atoms with Gasteiger partial charge in [0.15, 0.2) is 0 Å². The van der Waals surface area contributed by atoms with Crippen LogP contribution in [0.2, 0.25) is 0 Å². The summed E-state index contributed by atoms with van der Waals surface area (Å²) in [5.41, 5.74) is 4.87. The number of benzene rings is 1. The molecule has 0 spiro atoms. The number of nitrogens with zero attached hydrogens (tertiary/aromatic N) is 2. The highest BCUT2D eigenvalue weighted by molar-refractivity contribution is 5.95. The maximum atomic E-state index is 14.1. The second kappa shape index (κ2) is 6.65. The predicted octanol–water partition coefficient (Wildman–Crippen LogP) is 3.26. The summed E-state index contributed by atoms with van der Waals surface area (Å²) in [5.74, 6) is 5.06. The van der Waals surface area contributed by atoms with Crippen molar-refractivity contribution in [1.82, 2.24) is 15.3 Å². The first-order valence-corrected chi connectivity index (χ1v) is 9.08. The Hall–Kier alpha value is -3.28. The van der Waals surface area contributed by atoms with Gasteiger partial charge in [0.25, 0.3) is 0 Å². The molecule has 4 N–H and O–H groups in total. The minimum Gasteiger partial charge on any atom is -0.368 e. The summed E-state index contributed by atoms with van der Waals surface area (Å²) < 4.78 is 42.2. The topological polar surface area (TPSA) is 92.9 Å². The number of nitrogens with one attached hydrogen (secondary N) is 2. The van der Waals surface area contributed by atoms with Crippen LogP contribution in [0.5, 0.6) is 0 Å². The monoisotopic (exact) mass is 401 g/mol. The first kappa shape index (κ1) is 19.1. The lowest BCUT2D eigenvalue weighted by molar-refractivity contribution is -0.178. The summed E-state index contributed by atoms with van der Waals surface area (Å²) in [7, 11) is 0. The van der Waals surface area contributed by atoms with Crippen molar-refractivity contribution < 1.29 is 18.0 Å². The molecule has 2 aliphatic rings. The van der Waals surface area contributed by atoms with Gasteiger partial charge in [-0.2, -0.15) is 13.2 Å². The molecule has 1 aromatic carbocycles. The third-order valence-electron chi connectivity index (χ3n) is 4.81. The molecule has 150 valence electrons. The van der Waals surface area contributed by atoms with Crippen LogP contribution in [0.4, 0.5) is 29.6 Å². The van der Waals surface area contributed by atoms with Crippen molar-refractivity contribution >= 4 is 17.7 Å². The molecule has 1 aliphatic carbocycles. The zero-order valence-corrected chi connectivity index (χ0v) is 15.5. The lowest BCUT2D eigenvalue weighted by Gasteiger charge is -2.37. The fourth-order valence-corrected chi connectivity index (χ4v) is 3.31. The van der Waals surface area contributed by atoms with Crippen molar-refractivity contribution in [2.45, 2.75) is 37.9 Å². The number of aryl methyl sites for hydroxylation is 1. The van der Waals surface area contributed by atoms with E-state index in [1.165, 1.54) is 12.1 Å². The molecule has 4 rings (SSSR count). The number of fused-ring (bicyclic) bond motifs is 1. The lowest BCUT2D eigenvalue weighted by Crippen LogP contribution is -2.59. The highest BCUT2D eigenvalue weighted by Crippen LogP contribution is 2.44. The van der Waals surface area contributed by atoms with E-state index < -0.39 is 17.7 Å². The first-order chi connectivity index (χ1) is 13.7. The van der Waals surface area contributed by atoms with Crippen LogP contribution in [0.25, 0.3) is 0 Å². The fraction of sp³-hybridized carbons (Fsp3) is 0.350. The van der Waals surface area contributed by atoms with E-state index in [0.29, 0.717) is 23.4 Å². The lowest BCUT2D eigenvalue weighted by atomic mass is 9.85. The molecular weight excluding hydrogens is 383 g/mol. The Labute approximate surface area is 165 Å². The number of anilines is 2. The Morgan fingerprint density at radius 1 is 1.28 bits per heavy atom. The summed E-state index contributed by atoms with van der Waals surface area (Å²) in [4.78, 5) is 20.2. The smallest absolute Gasteiger partial charge is 0.368 e. The van der Waals surface area contributed by atoms with Crippen molar-refractivity contribution in [1.29, 1.82) is 0 Å². The Bertz CT molecular complexity index is 1030. The van der Waals surface area contributed by atoms with E-state index >= 15 is 0 Å². The number of hydrogen-bond donors (Lipinski definition) is 3. The van der Waals surface area contributed by atoms with Gasteiger partial charge in [-0.1, -0.05) is 24.0 Å². The number of urea groups is 1. The molecule has 1 saturated carbocycles. The molecule has 2 heterocycles. The largest absolute Gasteiger partial charge is 0.427 e. The van der Waals surface area contributed by atoms with E-state index in [0.717, 1.165) is 12.8 Å². The van der Waals surface area contributed by atoms with Gasteiger partial charge in [0.1, 0.15) is 0 Å². The van der Waals surface area contributed by atoms with E-state index in [9.17, 15) is 18.0 Å². The van der Waals surface area contributed by atoms with Crippen LogP contribution in [0.3, 0.4) is 0 Å². The van der Waals surface area contributed by atoms with E-state index in [1.807, 2.05) is 5.32 Å².